The number of hydrogen-bond acceptors (Lipinski definition) is 3. The summed E-state index contributed by atoms with van der Waals surface area (Å²) < 4.78 is 38.9. The highest BCUT2D eigenvalue weighted by atomic mass is 19.2. The fraction of sp³-hybridized carbons (Fsp3) is 0. The van der Waals surface area contributed by atoms with Crippen molar-refractivity contribution in [2.24, 2.45) is 0 Å². The van der Waals surface area contributed by atoms with Gasteiger partial charge in [-0.1, -0.05) is 0 Å². The average molecular weight is 253 g/mol. The Morgan fingerprint density at radius 3 is 2.28 bits per heavy atom. The van der Waals surface area contributed by atoms with Crippen molar-refractivity contribution in [2.45, 2.75) is 0 Å². The van der Waals surface area contributed by atoms with Crippen LogP contribution in [-0.4, -0.2) is 15.9 Å². The molecule has 0 aliphatic rings. The normalized spacial score (nSPS) is 10.2. The second-order valence-corrected chi connectivity index (χ2v) is 3.27. The van der Waals surface area contributed by atoms with Crippen LogP contribution in [0, 0.1) is 17.5 Å². The van der Waals surface area contributed by atoms with Crippen LogP contribution in [0.3, 0.4) is 0 Å². The van der Waals surface area contributed by atoms with Gasteiger partial charge in [0, 0.05) is 18.5 Å². The number of carbonyl (C=O) groups excluding carboxylic acids is 1. The number of carbonyl (C=O) groups is 1. The molecule has 2 aromatic rings. The monoisotopic (exact) mass is 253 g/mol. The van der Waals surface area contributed by atoms with E-state index in [-0.39, 0.29) is 5.95 Å². The van der Waals surface area contributed by atoms with E-state index in [1.807, 2.05) is 0 Å². The summed E-state index contributed by atoms with van der Waals surface area (Å²) in [7, 11) is 0. The Labute approximate surface area is 99.5 Å². The molecule has 2 rings (SSSR count). The number of benzene rings is 1. The minimum absolute atomic E-state index is 0.0633. The van der Waals surface area contributed by atoms with Crippen LogP contribution in [0.25, 0.3) is 0 Å². The standard InChI is InChI=1S/C11H6F3N3O/c12-7-5-9(14)8(13)4-6(7)10(18)17-11-15-2-1-3-16-11/h1-5H,(H,15,16,17,18). The minimum Gasteiger partial charge on any atom is -0.290 e. The molecule has 0 unspecified atom stereocenters. The molecule has 1 heterocycles. The molecule has 4 nitrogen and oxygen atoms in total. The fourth-order valence-corrected chi connectivity index (χ4v) is 1.23. The number of amides is 1. The van der Waals surface area contributed by atoms with Crippen molar-refractivity contribution in [1.29, 1.82) is 0 Å². The van der Waals surface area contributed by atoms with Gasteiger partial charge in [-0.2, -0.15) is 0 Å². The molecule has 1 amide bonds. The Balaban J connectivity index is 2.27. The Bertz CT molecular complexity index is 590. The minimum atomic E-state index is -1.36. The van der Waals surface area contributed by atoms with Crippen molar-refractivity contribution in [3.63, 3.8) is 0 Å². The fourth-order valence-electron chi connectivity index (χ4n) is 1.23. The van der Waals surface area contributed by atoms with Gasteiger partial charge < -0.3 is 0 Å². The lowest BCUT2D eigenvalue weighted by Crippen LogP contribution is -2.16. The number of rotatable bonds is 2. The number of hydrogen-bond donors (Lipinski definition) is 1. The Morgan fingerprint density at radius 2 is 1.61 bits per heavy atom. The van der Waals surface area contributed by atoms with E-state index in [9.17, 15) is 18.0 Å². The van der Waals surface area contributed by atoms with Crippen LogP contribution in [0.15, 0.2) is 30.6 Å². The van der Waals surface area contributed by atoms with Crippen molar-refractivity contribution < 1.29 is 18.0 Å². The van der Waals surface area contributed by atoms with Gasteiger partial charge in [0.2, 0.25) is 5.95 Å². The lowest BCUT2D eigenvalue weighted by Gasteiger charge is -2.04. The third kappa shape index (κ3) is 2.45. The number of anilines is 1. The zero-order valence-electron chi connectivity index (χ0n) is 8.82. The van der Waals surface area contributed by atoms with Crippen molar-refractivity contribution in [1.82, 2.24) is 9.97 Å². The summed E-state index contributed by atoms with van der Waals surface area (Å²) in [6, 6.07) is 2.30. The second kappa shape index (κ2) is 4.82. The molecule has 0 fully saturated rings. The molecular formula is C11H6F3N3O. The molecule has 18 heavy (non-hydrogen) atoms. The highest BCUT2D eigenvalue weighted by molar-refractivity contribution is 6.03. The highest BCUT2D eigenvalue weighted by Gasteiger charge is 2.16. The molecule has 0 aliphatic heterocycles. The molecule has 0 saturated carbocycles. The number of aromatic nitrogens is 2. The first kappa shape index (κ1) is 12.0. The molecule has 0 radical (unpaired) electrons. The lowest BCUT2D eigenvalue weighted by molar-refractivity contribution is 0.102. The van der Waals surface area contributed by atoms with Crippen molar-refractivity contribution in [3.05, 3.63) is 53.6 Å². The second-order valence-electron chi connectivity index (χ2n) is 3.27. The number of nitrogens with one attached hydrogen (secondary N) is 1. The Hall–Kier alpha value is -2.44. The van der Waals surface area contributed by atoms with E-state index < -0.39 is 28.9 Å². The van der Waals surface area contributed by atoms with Gasteiger partial charge in [0.15, 0.2) is 11.6 Å². The number of halogens is 3. The molecule has 1 N–H and O–H groups in total. The van der Waals surface area contributed by atoms with Crippen LogP contribution in [0.1, 0.15) is 10.4 Å². The van der Waals surface area contributed by atoms with Gasteiger partial charge in [-0.25, -0.2) is 23.1 Å². The van der Waals surface area contributed by atoms with E-state index in [2.05, 4.69) is 15.3 Å². The first-order valence-corrected chi connectivity index (χ1v) is 4.81. The van der Waals surface area contributed by atoms with Gasteiger partial charge in [0.1, 0.15) is 5.82 Å². The first-order chi connectivity index (χ1) is 8.58. The summed E-state index contributed by atoms with van der Waals surface area (Å²) in [5.41, 5.74) is -0.624. The molecule has 0 aliphatic carbocycles. The summed E-state index contributed by atoms with van der Waals surface area (Å²) in [4.78, 5) is 18.9. The van der Waals surface area contributed by atoms with Gasteiger partial charge in [0.25, 0.3) is 5.91 Å². The molecule has 0 atom stereocenters. The quantitative estimate of drug-likeness (QED) is 0.834. The maximum atomic E-state index is 13.3. The van der Waals surface area contributed by atoms with Gasteiger partial charge in [0.05, 0.1) is 5.56 Å². The zero-order chi connectivity index (χ0) is 13.1. The molecule has 1 aromatic carbocycles. The van der Waals surface area contributed by atoms with Crippen LogP contribution >= 0.6 is 0 Å². The maximum Gasteiger partial charge on any atom is 0.261 e. The van der Waals surface area contributed by atoms with Gasteiger partial charge in [-0.05, 0) is 12.1 Å². The van der Waals surface area contributed by atoms with E-state index in [0.29, 0.717) is 12.1 Å². The van der Waals surface area contributed by atoms with Crippen LogP contribution in [0.5, 0.6) is 0 Å². The Morgan fingerprint density at radius 1 is 1.00 bits per heavy atom. The van der Waals surface area contributed by atoms with Crippen LogP contribution in [0.2, 0.25) is 0 Å². The number of nitrogens with zero attached hydrogens (tertiary/aromatic N) is 2. The predicted octanol–water partition coefficient (Wildman–Crippen LogP) is 2.15. The summed E-state index contributed by atoms with van der Waals surface area (Å²) >= 11 is 0. The SMILES string of the molecule is O=C(Nc1ncccn1)c1cc(F)c(F)cc1F. The van der Waals surface area contributed by atoms with Crippen molar-refractivity contribution >= 4 is 11.9 Å². The summed E-state index contributed by atoms with van der Waals surface area (Å²) in [5, 5.41) is 2.16. The molecule has 0 spiro atoms. The third-order valence-electron chi connectivity index (χ3n) is 2.05. The topological polar surface area (TPSA) is 54.9 Å². The molecule has 0 bridgehead atoms. The van der Waals surface area contributed by atoms with Crippen LogP contribution < -0.4 is 5.32 Å². The molecule has 0 saturated heterocycles. The molecule has 1 aromatic heterocycles. The predicted molar refractivity (Wildman–Crippen MR) is 56.3 cm³/mol. The molecular weight excluding hydrogens is 247 g/mol. The van der Waals surface area contributed by atoms with E-state index in [1.165, 1.54) is 18.5 Å². The molecule has 7 heteroatoms. The lowest BCUT2D eigenvalue weighted by atomic mass is 10.2. The van der Waals surface area contributed by atoms with Crippen LogP contribution in [0.4, 0.5) is 19.1 Å². The summed E-state index contributed by atoms with van der Waals surface area (Å²) in [5.74, 6) is -4.86. The van der Waals surface area contributed by atoms with Gasteiger partial charge in [-0.15, -0.1) is 0 Å². The van der Waals surface area contributed by atoms with Gasteiger partial charge >= 0.3 is 0 Å². The summed E-state index contributed by atoms with van der Waals surface area (Å²) in [6.07, 6.45) is 2.73. The third-order valence-corrected chi connectivity index (χ3v) is 2.05. The van der Waals surface area contributed by atoms with E-state index in [0.717, 1.165) is 0 Å². The maximum absolute atomic E-state index is 13.3. The van der Waals surface area contributed by atoms with E-state index in [4.69, 9.17) is 0 Å². The highest BCUT2D eigenvalue weighted by Crippen LogP contribution is 2.14. The van der Waals surface area contributed by atoms with Crippen molar-refractivity contribution in [3.8, 4) is 0 Å². The average Bonchev–Trinajstić information content (AvgIpc) is 2.35. The smallest absolute Gasteiger partial charge is 0.261 e. The van der Waals surface area contributed by atoms with E-state index >= 15 is 0 Å². The summed E-state index contributed by atoms with van der Waals surface area (Å²) in [6.45, 7) is 0. The zero-order valence-corrected chi connectivity index (χ0v) is 8.82. The van der Waals surface area contributed by atoms with E-state index in [1.54, 1.807) is 0 Å². The van der Waals surface area contributed by atoms with Gasteiger partial charge in [-0.3, -0.25) is 10.1 Å². The van der Waals surface area contributed by atoms with Crippen LogP contribution in [-0.2, 0) is 0 Å². The largest absolute Gasteiger partial charge is 0.290 e. The molecule has 92 valence electrons. The first-order valence-electron chi connectivity index (χ1n) is 4.81. The Kier molecular flexibility index (Phi) is 3.22. The van der Waals surface area contributed by atoms with Crippen molar-refractivity contribution in [2.75, 3.05) is 5.32 Å².